The van der Waals surface area contributed by atoms with Crippen LogP contribution < -0.4 is 5.32 Å². The topological polar surface area (TPSA) is 15.3 Å². The molecule has 1 heterocycles. The number of hydrogen-bond acceptors (Lipinski definition) is 2. The van der Waals surface area contributed by atoms with Crippen LogP contribution in [0.3, 0.4) is 0 Å². The molecule has 1 aliphatic heterocycles. The molecule has 2 fully saturated rings. The first-order valence-corrected chi connectivity index (χ1v) is 8.73. The SMILES string of the molecule is CC(CN1CC2(CCCCC2)NCC1C)c1ccccc1. The maximum atomic E-state index is 3.89. The van der Waals surface area contributed by atoms with E-state index in [2.05, 4.69) is 54.4 Å². The van der Waals surface area contributed by atoms with Gasteiger partial charge in [-0.05, 0) is 31.2 Å². The van der Waals surface area contributed by atoms with Crippen LogP contribution in [-0.2, 0) is 0 Å². The van der Waals surface area contributed by atoms with E-state index in [1.807, 2.05) is 0 Å². The highest BCUT2D eigenvalue weighted by atomic mass is 15.2. The Morgan fingerprint density at radius 3 is 2.62 bits per heavy atom. The number of benzene rings is 1. The molecule has 21 heavy (non-hydrogen) atoms. The van der Waals surface area contributed by atoms with Gasteiger partial charge in [0.25, 0.3) is 0 Å². The molecule has 2 aliphatic rings. The van der Waals surface area contributed by atoms with Crippen LogP contribution in [0.2, 0.25) is 0 Å². The van der Waals surface area contributed by atoms with Gasteiger partial charge in [-0.3, -0.25) is 4.90 Å². The van der Waals surface area contributed by atoms with Gasteiger partial charge in [-0.25, -0.2) is 0 Å². The van der Waals surface area contributed by atoms with Gasteiger partial charge in [-0.15, -0.1) is 0 Å². The highest BCUT2D eigenvalue weighted by Crippen LogP contribution is 2.32. The van der Waals surface area contributed by atoms with E-state index in [9.17, 15) is 0 Å². The van der Waals surface area contributed by atoms with E-state index in [1.54, 1.807) is 0 Å². The molecule has 1 saturated heterocycles. The van der Waals surface area contributed by atoms with Crippen LogP contribution in [0.25, 0.3) is 0 Å². The highest BCUT2D eigenvalue weighted by Gasteiger charge is 2.38. The first kappa shape index (κ1) is 15.1. The molecule has 2 atom stereocenters. The summed E-state index contributed by atoms with van der Waals surface area (Å²) in [7, 11) is 0. The van der Waals surface area contributed by atoms with Crippen molar-refractivity contribution in [3.8, 4) is 0 Å². The third-order valence-corrected chi connectivity index (χ3v) is 5.59. The Balaban J connectivity index is 1.65. The van der Waals surface area contributed by atoms with E-state index in [1.165, 1.54) is 50.8 Å². The van der Waals surface area contributed by atoms with Crippen molar-refractivity contribution < 1.29 is 0 Å². The minimum atomic E-state index is 0.418. The first-order valence-electron chi connectivity index (χ1n) is 8.73. The lowest BCUT2D eigenvalue weighted by Crippen LogP contribution is -2.64. The molecule has 1 aliphatic carbocycles. The summed E-state index contributed by atoms with van der Waals surface area (Å²) in [6, 6.07) is 11.6. The zero-order valence-corrected chi connectivity index (χ0v) is 13.6. The third kappa shape index (κ3) is 3.49. The highest BCUT2D eigenvalue weighted by molar-refractivity contribution is 5.19. The average Bonchev–Trinajstić information content (AvgIpc) is 2.53. The zero-order chi connectivity index (χ0) is 14.7. The second-order valence-electron chi connectivity index (χ2n) is 7.31. The zero-order valence-electron chi connectivity index (χ0n) is 13.6. The molecular weight excluding hydrogens is 256 g/mol. The van der Waals surface area contributed by atoms with Gasteiger partial charge in [0.05, 0.1) is 0 Å². The van der Waals surface area contributed by atoms with E-state index in [0.29, 0.717) is 17.5 Å². The maximum absolute atomic E-state index is 3.89. The van der Waals surface area contributed by atoms with Gasteiger partial charge in [0.2, 0.25) is 0 Å². The average molecular weight is 286 g/mol. The molecule has 1 N–H and O–H groups in total. The van der Waals surface area contributed by atoms with Crippen LogP contribution in [0, 0.1) is 0 Å². The largest absolute Gasteiger partial charge is 0.308 e. The van der Waals surface area contributed by atoms with Crippen LogP contribution in [-0.4, -0.2) is 36.1 Å². The Labute approximate surface area is 129 Å². The Bertz CT molecular complexity index is 436. The minimum absolute atomic E-state index is 0.418. The lowest BCUT2D eigenvalue weighted by atomic mass is 9.79. The summed E-state index contributed by atoms with van der Waals surface area (Å²) in [5.74, 6) is 0.618. The normalized spacial score (nSPS) is 27.6. The van der Waals surface area contributed by atoms with Gasteiger partial charge in [0, 0.05) is 31.2 Å². The fraction of sp³-hybridized carbons (Fsp3) is 0.684. The smallest absolute Gasteiger partial charge is 0.0309 e. The molecule has 0 radical (unpaired) electrons. The summed E-state index contributed by atoms with van der Waals surface area (Å²) in [6.45, 7) is 8.33. The summed E-state index contributed by atoms with van der Waals surface area (Å²) in [6.07, 6.45) is 6.98. The molecule has 3 rings (SSSR count). The predicted molar refractivity (Wildman–Crippen MR) is 89.7 cm³/mol. The van der Waals surface area contributed by atoms with Crippen LogP contribution in [0.4, 0.5) is 0 Å². The summed E-state index contributed by atoms with van der Waals surface area (Å²) in [5.41, 5.74) is 1.89. The molecule has 0 amide bonds. The second kappa shape index (κ2) is 6.50. The van der Waals surface area contributed by atoms with Crippen LogP contribution >= 0.6 is 0 Å². The number of nitrogens with one attached hydrogen (secondary N) is 1. The van der Waals surface area contributed by atoms with E-state index in [-0.39, 0.29) is 0 Å². The number of nitrogens with zero attached hydrogens (tertiary/aromatic N) is 1. The fourth-order valence-electron chi connectivity index (χ4n) is 4.14. The second-order valence-corrected chi connectivity index (χ2v) is 7.31. The molecule has 2 unspecified atom stereocenters. The van der Waals surface area contributed by atoms with Gasteiger partial charge in [-0.1, -0.05) is 56.5 Å². The number of hydrogen-bond donors (Lipinski definition) is 1. The number of piperazine rings is 1. The van der Waals surface area contributed by atoms with E-state index in [4.69, 9.17) is 0 Å². The van der Waals surface area contributed by atoms with Gasteiger partial charge in [-0.2, -0.15) is 0 Å². The summed E-state index contributed by atoms with van der Waals surface area (Å²) < 4.78 is 0. The van der Waals surface area contributed by atoms with Crippen molar-refractivity contribution in [2.45, 2.75) is 63.5 Å². The maximum Gasteiger partial charge on any atom is 0.0309 e. The molecule has 0 bridgehead atoms. The Hall–Kier alpha value is -0.860. The fourth-order valence-corrected chi connectivity index (χ4v) is 4.14. The molecule has 2 nitrogen and oxygen atoms in total. The Morgan fingerprint density at radius 2 is 1.90 bits per heavy atom. The van der Waals surface area contributed by atoms with Crippen molar-refractivity contribution in [2.24, 2.45) is 0 Å². The van der Waals surface area contributed by atoms with E-state index in [0.717, 1.165) is 6.54 Å². The lowest BCUT2D eigenvalue weighted by molar-refractivity contribution is 0.0593. The molecule has 1 saturated carbocycles. The molecule has 116 valence electrons. The Morgan fingerprint density at radius 1 is 1.19 bits per heavy atom. The van der Waals surface area contributed by atoms with Crippen molar-refractivity contribution in [1.29, 1.82) is 0 Å². The lowest BCUT2D eigenvalue weighted by Gasteiger charge is -2.49. The molecule has 0 aromatic heterocycles. The van der Waals surface area contributed by atoms with Gasteiger partial charge in [0.15, 0.2) is 0 Å². The van der Waals surface area contributed by atoms with Crippen molar-refractivity contribution in [2.75, 3.05) is 19.6 Å². The van der Waals surface area contributed by atoms with Crippen molar-refractivity contribution in [1.82, 2.24) is 10.2 Å². The molecule has 2 heteroatoms. The van der Waals surface area contributed by atoms with E-state index >= 15 is 0 Å². The molecule has 1 aromatic carbocycles. The van der Waals surface area contributed by atoms with Gasteiger partial charge >= 0.3 is 0 Å². The van der Waals surface area contributed by atoms with Crippen LogP contribution in [0.5, 0.6) is 0 Å². The minimum Gasteiger partial charge on any atom is -0.308 e. The monoisotopic (exact) mass is 286 g/mol. The number of rotatable bonds is 3. The molecule has 1 spiro atoms. The third-order valence-electron chi connectivity index (χ3n) is 5.59. The van der Waals surface area contributed by atoms with Gasteiger partial charge in [0.1, 0.15) is 0 Å². The summed E-state index contributed by atoms with van der Waals surface area (Å²) >= 11 is 0. The van der Waals surface area contributed by atoms with Crippen molar-refractivity contribution >= 4 is 0 Å². The van der Waals surface area contributed by atoms with Crippen LogP contribution in [0.15, 0.2) is 30.3 Å². The van der Waals surface area contributed by atoms with E-state index < -0.39 is 0 Å². The van der Waals surface area contributed by atoms with Crippen molar-refractivity contribution in [3.05, 3.63) is 35.9 Å². The predicted octanol–water partition coefficient (Wildman–Crippen LogP) is 3.79. The first-order chi connectivity index (χ1) is 10.2. The van der Waals surface area contributed by atoms with Gasteiger partial charge < -0.3 is 5.32 Å². The molecular formula is C19H30N2. The van der Waals surface area contributed by atoms with Crippen LogP contribution in [0.1, 0.15) is 57.4 Å². The Kier molecular flexibility index (Phi) is 4.66. The quantitative estimate of drug-likeness (QED) is 0.909. The van der Waals surface area contributed by atoms with Crippen molar-refractivity contribution in [3.63, 3.8) is 0 Å². The molecule has 1 aromatic rings. The standard InChI is InChI=1S/C19H30N2/c1-16(18-9-5-3-6-10-18)14-21-15-19(20-13-17(21)2)11-7-4-8-12-19/h3,5-6,9-10,16-17,20H,4,7-8,11-15H2,1-2H3. The summed E-state index contributed by atoms with van der Waals surface area (Å²) in [5, 5.41) is 3.89. The summed E-state index contributed by atoms with van der Waals surface area (Å²) in [4.78, 5) is 2.74.